The molecule has 168 valence electrons. The van der Waals surface area contributed by atoms with Gasteiger partial charge in [-0.3, -0.25) is 9.10 Å². The van der Waals surface area contributed by atoms with Crippen molar-refractivity contribution in [3.8, 4) is 17.2 Å². The van der Waals surface area contributed by atoms with Gasteiger partial charge in [-0.05, 0) is 42.3 Å². The monoisotopic (exact) mass is 468 g/mol. The van der Waals surface area contributed by atoms with Gasteiger partial charge in [0, 0.05) is 24.5 Å². The number of nitrogens with zero attached hydrogens (tertiary/aromatic N) is 1. The number of sulfonamides is 1. The largest absolute Gasteiger partial charge is 0.493 e. The first-order valence-electron chi connectivity index (χ1n) is 9.65. The lowest BCUT2D eigenvalue weighted by molar-refractivity contribution is -0.128. The van der Waals surface area contributed by atoms with E-state index in [2.05, 4.69) is 5.32 Å². The minimum absolute atomic E-state index is 0.111. The summed E-state index contributed by atoms with van der Waals surface area (Å²) in [6.07, 6.45) is 1.08. The lowest BCUT2D eigenvalue weighted by Gasteiger charge is -2.21. The second-order valence-corrected chi connectivity index (χ2v) is 9.42. The van der Waals surface area contributed by atoms with Crippen molar-refractivity contribution < 1.29 is 27.4 Å². The van der Waals surface area contributed by atoms with E-state index in [4.69, 9.17) is 25.8 Å². The topological polar surface area (TPSA) is 94.2 Å². The number of amides is 1. The Morgan fingerprint density at radius 1 is 1.19 bits per heavy atom. The molecule has 10 heteroatoms. The third-order valence-electron chi connectivity index (χ3n) is 4.91. The molecule has 0 spiro atoms. The van der Waals surface area contributed by atoms with E-state index in [1.807, 2.05) is 18.2 Å². The molecule has 0 aliphatic carbocycles. The number of carbonyl (C=O) groups excluding carboxylic acids is 1. The Kier molecular flexibility index (Phi) is 7.17. The fourth-order valence-electron chi connectivity index (χ4n) is 3.36. The third kappa shape index (κ3) is 5.54. The second-order valence-electron chi connectivity index (χ2n) is 7.07. The van der Waals surface area contributed by atoms with Crippen LogP contribution in [-0.4, -0.2) is 54.0 Å². The minimum atomic E-state index is -3.55. The van der Waals surface area contributed by atoms with Crippen molar-refractivity contribution in [2.75, 3.05) is 37.9 Å². The summed E-state index contributed by atoms with van der Waals surface area (Å²) in [5.41, 5.74) is 1.30. The number of ether oxygens (including phenoxy) is 3. The third-order valence-corrected chi connectivity index (χ3v) is 6.32. The molecule has 0 saturated carbocycles. The molecular weight excluding hydrogens is 444 g/mol. The summed E-state index contributed by atoms with van der Waals surface area (Å²) in [5.74, 6) is 1.25. The van der Waals surface area contributed by atoms with Gasteiger partial charge in [-0.15, -0.1) is 0 Å². The average molecular weight is 469 g/mol. The molecule has 0 fully saturated rings. The number of halogens is 1. The van der Waals surface area contributed by atoms with Crippen LogP contribution < -0.4 is 23.8 Å². The lowest BCUT2D eigenvalue weighted by Crippen LogP contribution is -2.40. The molecular formula is C21H25ClN2O6S. The van der Waals surface area contributed by atoms with Crippen LogP contribution in [0.5, 0.6) is 17.2 Å². The van der Waals surface area contributed by atoms with Gasteiger partial charge < -0.3 is 19.5 Å². The smallest absolute Gasteiger partial charge is 0.261 e. The Morgan fingerprint density at radius 3 is 2.61 bits per heavy atom. The number of carbonyl (C=O) groups is 1. The number of benzene rings is 2. The van der Waals surface area contributed by atoms with Gasteiger partial charge in [-0.2, -0.15) is 0 Å². The first-order valence-corrected chi connectivity index (χ1v) is 11.9. The van der Waals surface area contributed by atoms with Crippen molar-refractivity contribution in [1.29, 1.82) is 0 Å². The zero-order valence-electron chi connectivity index (χ0n) is 17.6. The zero-order chi connectivity index (χ0) is 22.6. The molecule has 0 aromatic heterocycles. The van der Waals surface area contributed by atoms with Crippen LogP contribution in [0.25, 0.3) is 0 Å². The molecule has 0 radical (unpaired) electrons. The molecule has 1 atom stereocenters. The van der Waals surface area contributed by atoms with Crippen LogP contribution >= 0.6 is 11.6 Å². The maximum Gasteiger partial charge on any atom is 0.261 e. The van der Waals surface area contributed by atoms with Crippen LogP contribution in [0.4, 0.5) is 5.69 Å². The van der Waals surface area contributed by atoms with Crippen molar-refractivity contribution in [3.63, 3.8) is 0 Å². The SMILES string of the molecule is COc1ccc(CCNC(=O)[C@H]2CCN(S(C)(=O)=O)c3cc(Cl)ccc3O2)cc1OC. The van der Waals surface area contributed by atoms with Crippen LogP contribution in [0.3, 0.4) is 0 Å². The first kappa shape index (κ1) is 23.0. The first-order chi connectivity index (χ1) is 14.7. The van der Waals surface area contributed by atoms with E-state index in [-0.39, 0.29) is 18.9 Å². The highest BCUT2D eigenvalue weighted by atomic mass is 35.5. The Morgan fingerprint density at radius 2 is 1.94 bits per heavy atom. The number of hydrogen-bond donors (Lipinski definition) is 1. The van der Waals surface area contributed by atoms with Crippen LogP contribution in [0.15, 0.2) is 36.4 Å². The molecule has 0 saturated heterocycles. The summed E-state index contributed by atoms with van der Waals surface area (Å²) < 4.78 is 42.0. The molecule has 8 nitrogen and oxygen atoms in total. The summed E-state index contributed by atoms with van der Waals surface area (Å²) in [6.45, 7) is 0.497. The summed E-state index contributed by atoms with van der Waals surface area (Å²) in [5, 5.41) is 3.24. The highest BCUT2D eigenvalue weighted by Gasteiger charge is 2.31. The fraction of sp³-hybridized carbons (Fsp3) is 0.381. The Hall–Kier alpha value is -2.65. The van der Waals surface area contributed by atoms with Gasteiger partial charge in [0.1, 0.15) is 5.75 Å². The van der Waals surface area contributed by atoms with Crippen LogP contribution in [0.2, 0.25) is 5.02 Å². The van der Waals surface area contributed by atoms with Gasteiger partial charge >= 0.3 is 0 Å². The molecule has 1 aliphatic rings. The van der Waals surface area contributed by atoms with Crippen LogP contribution in [-0.2, 0) is 21.2 Å². The maximum atomic E-state index is 12.7. The standard InChI is InChI=1S/C21H25ClN2O6S/c1-28-18-6-4-14(12-20(18)29-2)8-10-23-21(25)19-9-11-24(31(3,26)27)16-13-15(22)5-7-17(16)30-19/h4-7,12-13,19H,8-11H2,1-3H3,(H,23,25)/t19-/m1/s1. The summed E-state index contributed by atoms with van der Waals surface area (Å²) in [6, 6.07) is 10.3. The van der Waals surface area contributed by atoms with Gasteiger partial charge in [0.15, 0.2) is 17.6 Å². The van der Waals surface area contributed by atoms with Crippen LogP contribution in [0, 0.1) is 0 Å². The zero-order valence-corrected chi connectivity index (χ0v) is 19.1. The second kappa shape index (κ2) is 9.65. The molecule has 0 bridgehead atoms. The maximum absolute atomic E-state index is 12.7. The van der Waals surface area contributed by atoms with Gasteiger partial charge in [0.05, 0.1) is 26.2 Å². The van der Waals surface area contributed by atoms with Crippen molar-refractivity contribution in [1.82, 2.24) is 5.32 Å². The van der Waals surface area contributed by atoms with E-state index in [0.717, 1.165) is 11.8 Å². The van der Waals surface area contributed by atoms with Gasteiger partial charge in [-0.1, -0.05) is 17.7 Å². The molecule has 0 unspecified atom stereocenters. The number of rotatable bonds is 7. The highest BCUT2D eigenvalue weighted by Crippen LogP contribution is 2.36. The van der Waals surface area contributed by atoms with E-state index < -0.39 is 16.1 Å². The van der Waals surface area contributed by atoms with Crippen molar-refractivity contribution in [2.45, 2.75) is 18.9 Å². The van der Waals surface area contributed by atoms with Crippen molar-refractivity contribution >= 4 is 33.2 Å². The quantitative estimate of drug-likeness (QED) is 0.671. The molecule has 1 amide bonds. The van der Waals surface area contributed by atoms with Crippen molar-refractivity contribution in [3.05, 3.63) is 47.0 Å². The van der Waals surface area contributed by atoms with Gasteiger partial charge in [0.25, 0.3) is 5.91 Å². The molecule has 3 rings (SSSR count). The normalized spacial score (nSPS) is 16.0. The highest BCUT2D eigenvalue weighted by molar-refractivity contribution is 7.92. The number of anilines is 1. The molecule has 2 aromatic rings. The molecule has 1 N–H and O–H groups in total. The van der Waals surface area contributed by atoms with E-state index in [0.29, 0.717) is 40.9 Å². The Labute approximate surface area is 187 Å². The predicted molar refractivity (Wildman–Crippen MR) is 119 cm³/mol. The molecule has 31 heavy (non-hydrogen) atoms. The van der Waals surface area contributed by atoms with Crippen LogP contribution in [0.1, 0.15) is 12.0 Å². The van der Waals surface area contributed by atoms with E-state index >= 15 is 0 Å². The number of nitrogens with one attached hydrogen (secondary N) is 1. The summed E-state index contributed by atoms with van der Waals surface area (Å²) in [4.78, 5) is 12.7. The molecule has 1 aliphatic heterocycles. The lowest BCUT2D eigenvalue weighted by atomic mass is 10.1. The Balaban J connectivity index is 1.67. The summed E-state index contributed by atoms with van der Waals surface area (Å²) in [7, 11) is -0.415. The predicted octanol–water partition coefficient (Wildman–Crippen LogP) is 2.63. The average Bonchev–Trinajstić information content (AvgIpc) is 2.92. The number of fused-ring (bicyclic) bond motifs is 1. The van der Waals surface area contributed by atoms with Crippen molar-refractivity contribution in [2.24, 2.45) is 0 Å². The number of methoxy groups -OCH3 is 2. The number of hydrogen-bond acceptors (Lipinski definition) is 6. The molecule has 1 heterocycles. The summed E-state index contributed by atoms with van der Waals surface area (Å²) >= 11 is 6.04. The van der Waals surface area contributed by atoms with E-state index in [9.17, 15) is 13.2 Å². The van der Waals surface area contributed by atoms with Gasteiger partial charge in [0.2, 0.25) is 10.0 Å². The minimum Gasteiger partial charge on any atom is -0.493 e. The Bertz CT molecular complexity index is 1060. The molecule has 2 aromatic carbocycles. The van der Waals surface area contributed by atoms with E-state index in [1.54, 1.807) is 26.4 Å². The van der Waals surface area contributed by atoms with Gasteiger partial charge in [-0.25, -0.2) is 8.42 Å². The van der Waals surface area contributed by atoms with E-state index in [1.165, 1.54) is 10.4 Å². The fourth-order valence-corrected chi connectivity index (χ4v) is 4.46.